The fourth-order valence-electron chi connectivity index (χ4n) is 1.21. The van der Waals surface area contributed by atoms with E-state index in [4.69, 9.17) is 0 Å². The highest BCUT2D eigenvalue weighted by atomic mass is 79.9. The van der Waals surface area contributed by atoms with E-state index in [0.29, 0.717) is 11.8 Å². The SMILES string of the molecule is CCC(CBr)NC(=O)c1ccc(F)c(F)c1F. The highest BCUT2D eigenvalue weighted by molar-refractivity contribution is 9.09. The average Bonchev–Trinajstić information content (AvgIpc) is 2.32. The maximum absolute atomic E-state index is 13.3. The monoisotopic (exact) mass is 309 g/mol. The van der Waals surface area contributed by atoms with Crippen molar-refractivity contribution in [1.82, 2.24) is 5.32 Å². The Balaban J connectivity index is 2.93. The zero-order chi connectivity index (χ0) is 13.0. The number of benzene rings is 1. The van der Waals surface area contributed by atoms with E-state index in [9.17, 15) is 18.0 Å². The van der Waals surface area contributed by atoms with Crippen molar-refractivity contribution < 1.29 is 18.0 Å². The summed E-state index contributed by atoms with van der Waals surface area (Å²) in [5, 5.41) is 3.01. The number of carbonyl (C=O) groups excluding carboxylic acids is 1. The van der Waals surface area contributed by atoms with E-state index in [1.807, 2.05) is 6.92 Å². The van der Waals surface area contributed by atoms with E-state index in [-0.39, 0.29) is 6.04 Å². The molecule has 0 aliphatic rings. The number of carbonyl (C=O) groups is 1. The Hall–Kier alpha value is -1.04. The molecule has 0 spiro atoms. The highest BCUT2D eigenvalue weighted by Crippen LogP contribution is 2.15. The summed E-state index contributed by atoms with van der Waals surface area (Å²) >= 11 is 3.18. The van der Waals surface area contributed by atoms with Gasteiger partial charge in [-0.15, -0.1) is 0 Å². The van der Waals surface area contributed by atoms with Crippen molar-refractivity contribution in [2.75, 3.05) is 5.33 Å². The summed E-state index contributed by atoms with van der Waals surface area (Å²) in [6, 6.07) is 1.46. The van der Waals surface area contributed by atoms with E-state index in [1.165, 1.54) is 0 Å². The molecular weight excluding hydrogens is 299 g/mol. The summed E-state index contributed by atoms with van der Waals surface area (Å²) in [7, 11) is 0. The van der Waals surface area contributed by atoms with E-state index < -0.39 is 28.9 Å². The Morgan fingerprint density at radius 2 is 2.00 bits per heavy atom. The summed E-state index contributed by atoms with van der Waals surface area (Å²) in [6.45, 7) is 1.84. The molecule has 1 atom stereocenters. The number of amides is 1. The van der Waals surface area contributed by atoms with Crippen molar-refractivity contribution >= 4 is 21.8 Å². The van der Waals surface area contributed by atoms with Crippen LogP contribution in [0.5, 0.6) is 0 Å². The third kappa shape index (κ3) is 3.21. The predicted molar refractivity (Wildman–Crippen MR) is 61.7 cm³/mol. The van der Waals surface area contributed by atoms with Gasteiger partial charge in [-0.3, -0.25) is 4.79 Å². The van der Waals surface area contributed by atoms with E-state index in [0.717, 1.165) is 12.1 Å². The quantitative estimate of drug-likeness (QED) is 0.672. The normalized spacial score (nSPS) is 12.3. The number of alkyl halides is 1. The molecule has 0 aromatic heterocycles. The molecule has 0 fully saturated rings. The second-order valence-electron chi connectivity index (χ2n) is 3.46. The minimum Gasteiger partial charge on any atom is -0.348 e. The molecule has 1 N–H and O–H groups in total. The molecule has 1 aromatic rings. The molecule has 0 aliphatic carbocycles. The molecule has 1 amide bonds. The van der Waals surface area contributed by atoms with Crippen molar-refractivity contribution in [2.45, 2.75) is 19.4 Å². The lowest BCUT2D eigenvalue weighted by Gasteiger charge is -2.14. The largest absolute Gasteiger partial charge is 0.348 e. The fraction of sp³-hybridized carbons (Fsp3) is 0.364. The second-order valence-corrected chi connectivity index (χ2v) is 4.10. The van der Waals surface area contributed by atoms with Crippen LogP contribution in [0.1, 0.15) is 23.7 Å². The lowest BCUT2D eigenvalue weighted by Crippen LogP contribution is -2.36. The molecule has 0 radical (unpaired) electrons. The van der Waals surface area contributed by atoms with Crippen LogP contribution in [0, 0.1) is 17.5 Å². The molecular formula is C11H11BrF3NO. The van der Waals surface area contributed by atoms with Gasteiger partial charge >= 0.3 is 0 Å². The van der Waals surface area contributed by atoms with Crippen molar-refractivity contribution in [2.24, 2.45) is 0 Å². The third-order valence-corrected chi connectivity index (χ3v) is 3.08. The van der Waals surface area contributed by atoms with Crippen molar-refractivity contribution in [3.05, 3.63) is 35.1 Å². The molecule has 6 heteroatoms. The van der Waals surface area contributed by atoms with Crippen LogP contribution in [0.3, 0.4) is 0 Å². The molecule has 0 aliphatic heterocycles. The molecule has 0 saturated heterocycles. The molecule has 1 aromatic carbocycles. The van der Waals surface area contributed by atoms with Crippen LogP contribution in [0.2, 0.25) is 0 Å². The predicted octanol–water partition coefficient (Wildman–Crippen LogP) is 3.01. The van der Waals surface area contributed by atoms with Gasteiger partial charge in [0, 0.05) is 11.4 Å². The molecule has 94 valence electrons. The summed E-state index contributed by atoms with van der Waals surface area (Å²) < 4.78 is 38.9. The first-order valence-electron chi connectivity index (χ1n) is 5.01. The summed E-state index contributed by atoms with van der Waals surface area (Å²) in [6.07, 6.45) is 0.641. The van der Waals surface area contributed by atoms with Crippen LogP contribution in [0.15, 0.2) is 12.1 Å². The van der Waals surface area contributed by atoms with E-state index in [1.54, 1.807) is 0 Å². The molecule has 0 saturated carbocycles. The molecule has 17 heavy (non-hydrogen) atoms. The molecule has 1 unspecified atom stereocenters. The Bertz CT molecular complexity index is 421. The smallest absolute Gasteiger partial charge is 0.254 e. The molecule has 0 heterocycles. The first-order chi connectivity index (χ1) is 8.01. The van der Waals surface area contributed by atoms with Crippen molar-refractivity contribution in [1.29, 1.82) is 0 Å². The van der Waals surface area contributed by atoms with Gasteiger partial charge in [0.05, 0.1) is 5.56 Å². The standard InChI is InChI=1S/C11H11BrF3NO/c1-2-6(5-12)16-11(17)7-3-4-8(13)10(15)9(7)14/h3-4,6H,2,5H2,1H3,(H,16,17). The molecule has 1 rings (SSSR count). The van der Waals surface area contributed by atoms with Crippen LogP contribution in [-0.2, 0) is 0 Å². The summed E-state index contributed by atoms with van der Waals surface area (Å²) in [5.41, 5.74) is -0.497. The number of nitrogens with one attached hydrogen (secondary N) is 1. The lowest BCUT2D eigenvalue weighted by atomic mass is 10.1. The summed E-state index contributed by atoms with van der Waals surface area (Å²) in [5.74, 6) is -5.17. The van der Waals surface area contributed by atoms with Crippen molar-refractivity contribution in [3.63, 3.8) is 0 Å². The van der Waals surface area contributed by atoms with Gasteiger partial charge in [-0.25, -0.2) is 13.2 Å². The fourth-order valence-corrected chi connectivity index (χ4v) is 1.83. The summed E-state index contributed by atoms with van der Waals surface area (Å²) in [4.78, 5) is 11.6. The average molecular weight is 310 g/mol. The Kier molecular flexibility index (Phi) is 4.99. The van der Waals surface area contributed by atoms with Gasteiger partial charge in [0.2, 0.25) is 0 Å². The minimum atomic E-state index is -1.63. The first kappa shape index (κ1) is 14.0. The zero-order valence-corrected chi connectivity index (χ0v) is 10.7. The van der Waals surface area contributed by atoms with Gasteiger partial charge in [0.1, 0.15) is 0 Å². The van der Waals surface area contributed by atoms with Gasteiger partial charge in [0.25, 0.3) is 5.91 Å². The van der Waals surface area contributed by atoms with Crippen LogP contribution in [0.25, 0.3) is 0 Å². The zero-order valence-electron chi connectivity index (χ0n) is 9.07. The Morgan fingerprint density at radius 1 is 1.35 bits per heavy atom. The van der Waals surface area contributed by atoms with Gasteiger partial charge in [-0.1, -0.05) is 22.9 Å². The van der Waals surface area contributed by atoms with Crippen LogP contribution >= 0.6 is 15.9 Å². The number of hydrogen-bond donors (Lipinski definition) is 1. The first-order valence-corrected chi connectivity index (χ1v) is 6.13. The lowest BCUT2D eigenvalue weighted by molar-refractivity contribution is 0.0935. The van der Waals surface area contributed by atoms with Crippen LogP contribution < -0.4 is 5.32 Å². The van der Waals surface area contributed by atoms with Crippen LogP contribution in [0.4, 0.5) is 13.2 Å². The number of rotatable bonds is 4. The highest BCUT2D eigenvalue weighted by Gasteiger charge is 2.20. The second kappa shape index (κ2) is 6.05. The maximum atomic E-state index is 13.3. The molecule has 2 nitrogen and oxygen atoms in total. The Labute approximate surface area is 105 Å². The van der Waals surface area contributed by atoms with Crippen LogP contribution in [-0.4, -0.2) is 17.3 Å². The van der Waals surface area contributed by atoms with E-state index in [2.05, 4.69) is 21.2 Å². The van der Waals surface area contributed by atoms with Gasteiger partial charge < -0.3 is 5.32 Å². The van der Waals surface area contributed by atoms with Crippen molar-refractivity contribution in [3.8, 4) is 0 Å². The number of hydrogen-bond acceptors (Lipinski definition) is 1. The van der Waals surface area contributed by atoms with E-state index >= 15 is 0 Å². The van der Waals surface area contributed by atoms with Gasteiger partial charge in [-0.05, 0) is 18.6 Å². The third-order valence-electron chi connectivity index (χ3n) is 2.29. The topological polar surface area (TPSA) is 29.1 Å². The molecule has 0 bridgehead atoms. The van der Waals surface area contributed by atoms with Gasteiger partial charge in [-0.2, -0.15) is 0 Å². The van der Waals surface area contributed by atoms with Gasteiger partial charge in [0.15, 0.2) is 17.5 Å². The number of halogens is 4. The Morgan fingerprint density at radius 3 is 2.53 bits per heavy atom. The maximum Gasteiger partial charge on any atom is 0.254 e. The minimum absolute atomic E-state index is 0.185.